The zero-order valence-corrected chi connectivity index (χ0v) is 12.4. The highest BCUT2D eigenvalue weighted by molar-refractivity contribution is 5.73. The zero-order chi connectivity index (χ0) is 15.2. The van der Waals surface area contributed by atoms with E-state index in [0.29, 0.717) is 18.9 Å². The first kappa shape index (κ1) is 15.3. The average Bonchev–Trinajstić information content (AvgIpc) is 2.97. The Kier molecular flexibility index (Phi) is 5.11. The third kappa shape index (κ3) is 4.43. The van der Waals surface area contributed by atoms with Gasteiger partial charge in [-0.2, -0.15) is 5.10 Å². The Morgan fingerprint density at radius 1 is 1.33 bits per heavy atom. The van der Waals surface area contributed by atoms with Crippen molar-refractivity contribution in [3.63, 3.8) is 0 Å². The lowest BCUT2D eigenvalue weighted by Crippen LogP contribution is -2.37. The van der Waals surface area contributed by atoms with Gasteiger partial charge in [0, 0.05) is 18.9 Å². The molecule has 5 heteroatoms. The predicted molar refractivity (Wildman–Crippen MR) is 81.3 cm³/mol. The van der Waals surface area contributed by atoms with Gasteiger partial charge in [0.15, 0.2) is 0 Å². The number of carboxylic acid groups (broad SMARTS) is 1. The van der Waals surface area contributed by atoms with Crippen LogP contribution in [0.5, 0.6) is 0 Å². The third-order valence-corrected chi connectivity index (χ3v) is 3.26. The monoisotopic (exact) mass is 287 g/mol. The Balaban J connectivity index is 1.95. The van der Waals surface area contributed by atoms with Crippen LogP contribution < -0.4 is 5.32 Å². The van der Waals surface area contributed by atoms with Gasteiger partial charge in [-0.05, 0) is 36.1 Å². The predicted octanol–water partition coefficient (Wildman–Crippen LogP) is 2.46. The third-order valence-electron chi connectivity index (χ3n) is 3.26. The molecule has 21 heavy (non-hydrogen) atoms. The van der Waals surface area contributed by atoms with Crippen LogP contribution in [0.3, 0.4) is 0 Å². The second kappa shape index (κ2) is 7.04. The van der Waals surface area contributed by atoms with Gasteiger partial charge in [-0.3, -0.25) is 4.79 Å². The first-order valence-electron chi connectivity index (χ1n) is 7.11. The maximum Gasteiger partial charge on any atom is 0.320 e. The van der Waals surface area contributed by atoms with Crippen molar-refractivity contribution >= 4 is 5.97 Å². The largest absolute Gasteiger partial charge is 0.480 e. The number of rotatable bonds is 7. The number of nitrogens with zero attached hydrogens (tertiary/aromatic N) is 2. The molecule has 5 nitrogen and oxygen atoms in total. The molecule has 1 heterocycles. The molecule has 0 bridgehead atoms. The minimum atomic E-state index is -0.795. The summed E-state index contributed by atoms with van der Waals surface area (Å²) in [5.74, 6) is -0.447. The molecule has 2 N–H and O–H groups in total. The summed E-state index contributed by atoms with van der Waals surface area (Å²) in [4.78, 5) is 11.2. The standard InChI is InChI=1S/C16H21N3O2/c1-12(2)10-15(16(20)21)17-11-13-4-6-14(7-5-13)19-9-3-8-18-19/h3-9,12,15,17H,10-11H2,1-2H3,(H,20,21)/t15-/m1/s1. The van der Waals surface area contributed by atoms with E-state index in [4.69, 9.17) is 0 Å². The smallest absolute Gasteiger partial charge is 0.320 e. The lowest BCUT2D eigenvalue weighted by atomic mass is 10.0. The molecule has 1 aromatic carbocycles. The van der Waals surface area contributed by atoms with Crippen LogP contribution in [-0.4, -0.2) is 26.9 Å². The molecule has 0 amide bonds. The molecule has 0 aliphatic rings. The van der Waals surface area contributed by atoms with Crippen molar-refractivity contribution in [2.75, 3.05) is 0 Å². The Bertz CT molecular complexity index is 562. The zero-order valence-electron chi connectivity index (χ0n) is 12.4. The number of nitrogens with one attached hydrogen (secondary N) is 1. The van der Waals surface area contributed by atoms with Crippen LogP contribution in [0.2, 0.25) is 0 Å². The van der Waals surface area contributed by atoms with Crippen molar-refractivity contribution in [3.8, 4) is 5.69 Å². The van der Waals surface area contributed by atoms with Crippen LogP contribution in [0.4, 0.5) is 0 Å². The van der Waals surface area contributed by atoms with Gasteiger partial charge in [-0.1, -0.05) is 26.0 Å². The topological polar surface area (TPSA) is 67.2 Å². The summed E-state index contributed by atoms with van der Waals surface area (Å²) in [6.45, 7) is 4.59. The maximum absolute atomic E-state index is 11.2. The Morgan fingerprint density at radius 2 is 2.05 bits per heavy atom. The van der Waals surface area contributed by atoms with Crippen molar-refractivity contribution < 1.29 is 9.90 Å². The highest BCUT2D eigenvalue weighted by Gasteiger charge is 2.17. The van der Waals surface area contributed by atoms with Gasteiger partial charge in [-0.25, -0.2) is 4.68 Å². The minimum Gasteiger partial charge on any atom is -0.480 e. The number of hydrogen-bond acceptors (Lipinski definition) is 3. The van der Waals surface area contributed by atoms with Crippen LogP contribution in [0.25, 0.3) is 5.69 Å². The molecule has 1 atom stereocenters. The second-order valence-electron chi connectivity index (χ2n) is 5.52. The molecule has 0 aliphatic heterocycles. The fourth-order valence-electron chi connectivity index (χ4n) is 2.17. The summed E-state index contributed by atoms with van der Waals surface area (Å²) in [5, 5.41) is 16.5. The van der Waals surface area contributed by atoms with Gasteiger partial charge < -0.3 is 10.4 Å². The van der Waals surface area contributed by atoms with Crippen molar-refractivity contribution in [2.45, 2.75) is 32.9 Å². The molecular formula is C16H21N3O2. The summed E-state index contributed by atoms with van der Waals surface area (Å²) in [7, 11) is 0. The van der Waals surface area contributed by atoms with Crippen molar-refractivity contribution in [2.24, 2.45) is 5.92 Å². The fourth-order valence-corrected chi connectivity index (χ4v) is 2.17. The normalized spacial score (nSPS) is 12.5. The lowest BCUT2D eigenvalue weighted by molar-refractivity contribution is -0.140. The molecular weight excluding hydrogens is 266 g/mol. The Labute approximate surface area is 124 Å². The summed E-state index contributed by atoms with van der Waals surface area (Å²) in [5.41, 5.74) is 2.04. The first-order valence-corrected chi connectivity index (χ1v) is 7.11. The van der Waals surface area contributed by atoms with Crippen LogP contribution in [0.15, 0.2) is 42.7 Å². The van der Waals surface area contributed by atoms with Crippen LogP contribution in [0.1, 0.15) is 25.8 Å². The van der Waals surface area contributed by atoms with E-state index in [0.717, 1.165) is 11.3 Å². The number of aromatic nitrogens is 2. The summed E-state index contributed by atoms with van der Waals surface area (Å²) in [6, 6.07) is 9.29. The molecule has 0 radical (unpaired) electrons. The van der Waals surface area contributed by atoms with E-state index in [-0.39, 0.29) is 0 Å². The number of aliphatic carboxylic acids is 1. The molecule has 0 spiro atoms. The van der Waals surface area contributed by atoms with E-state index in [1.165, 1.54) is 0 Å². The van der Waals surface area contributed by atoms with Crippen LogP contribution in [-0.2, 0) is 11.3 Å². The van der Waals surface area contributed by atoms with E-state index >= 15 is 0 Å². The van der Waals surface area contributed by atoms with Crippen molar-refractivity contribution in [1.82, 2.24) is 15.1 Å². The molecule has 0 saturated heterocycles. The van der Waals surface area contributed by atoms with E-state index in [9.17, 15) is 9.90 Å². The molecule has 1 aromatic heterocycles. The van der Waals surface area contributed by atoms with E-state index < -0.39 is 12.0 Å². The minimum absolute atomic E-state index is 0.348. The average molecular weight is 287 g/mol. The highest BCUT2D eigenvalue weighted by Crippen LogP contribution is 2.10. The first-order chi connectivity index (χ1) is 10.1. The van der Waals surface area contributed by atoms with Crippen LogP contribution in [0, 0.1) is 5.92 Å². The van der Waals surface area contributed by atoms with Gasteiger partial charge >= 0.3 is 5.97 Å². The van der Waals surface area contributed by atoms with Crippen molar-refractivity contribution in [1.29, 1.82) is 0 Å². The summed E-state index contributed by atoms with van der Waals surface area (Å²) >= 11 is 0. The number of carbonyl (C=O) groups is 1. The van der Waals surface area contributed by atoms with Gasteiger partial charge in [0.25, 0.3) is 0 Å². The fraction of sp³-hybridized carbons (Fsp3) is 0.375. The van der Waals surface area contributed by atoms with Gasteiger partial charge in [0.2, 0.25) is 0 Å². The summed E-state index contributed by atoms with van der Waals surface area (Å²) < 4.78 is 1.79. The lowest BCUT2D eigenvalue weighted by Gasteiger charge is -2.16. The maximum atomic E-state index is 11.2. The van der Waals surface area contributed by atoms with E-state index in [1.54, 1.807) is 10.9 Å². The SMILES string of the molecule is CC(C)C[C@@H](NCc1ccc(-n2cccn2)cc1)C(=O)O. The van der Waals surface area contributed by atoms with Gasteiger partial charge in [0.1, 0.15) is 6.04 Å². The molecule has 0 unspecified atom stereocenters. The van der Waals surface area contributed by atoms with E-state index in [2.05, 4.69) is 10.4 Å². The van der Waals surface area contributed by atoms with E-state index in [1.807, 2.05) is 50.4 Å². The van der Waals surface area contributed by atoms with Crippen molar-refractivity contribution in [3.05, 3.63) is 48.3 Å². The van der Waals surface area contributed by atoms with Crippen LogP contribution >= 0.6 is 0 Å². The molecule has 2 aromatic rings. The van der Waals surface area contributed by atoms with Gasteiger partial charge in [0.05, 0.1) is 5.69 Å². The number of benzene rings is 1. The van der Waals surface area contributed by atoms with Gasteiger partial charge in [-0.15, -0.1) is 0 Å². The molecule has 0 aliphatic carbocycles. The second-order valence-corrected chi connectivity index (χ2v) is 5.52. The highest BCUT2D eigenvalue weighted by atomic mass is 16.4. The molecule has 112 valence electrons. The quantitative estimate of drug-likeness (QED) is 0.821. The molecule has 0 saturated carbocycles. The number of carboxylic acids is 1. The Hall–Kier alpha value is -2.14. The Morgan fingerprint density at radius 3 is 2.57 bits per heavy atom. The number of hydrogen-bond donors (Lipinski definition) is 2. The summed E-state index contributed by atoms with van der Waals surface area (Å²) in [6.07, 6.45) is 4.25. The molecule has 2 rings (SSSR count). The molecule has 0 fully saturated rings.